The van der Waals surface area contributed by atoms with Crippen LogP contribution >= 0.6 is 12.2 Å². The molecule has 0 amide bonds. The fraction of sp³-hybridized carbons (Fsp3) is 0.385. The first-order valence-electron chi connectivity index (χ1n) is 6.67. The van der Waals surface area contributed by atoms with Crippen molar-refractivity contribution in [1.82, 2.24) is 9.80 Å². The Morgan fingerprint density at radius 1 is 1.24 bits per heavy atom. The third-order valence-corrected chi connectivity index (χ3v) is 5.12. The average molecular weight is 324 g/mol. The largest absolute Gasteiger partial charge is 0.392 e. The van der Waals surface area contributed by atoms with E-state index in [2.05, 4.69) is 9.30 Å². The van der Waals surface area contributed by atoms with Crippen LogP contribution in [0.1, 0.15) is 5.56 Å². The molecular formula is C13H16N4O2S2. The Morgan fingerprint density at radius 3 is 2.57 bits per heavy atom. The molecule has 1 fully saturated rings. The third-order valence-electron chi connectivity index (χ3n) is 3.66. The molecule has 0 spiro atoms. The molecule has 6 nitrogen and oxygen atoms in total. The molecule has 0 saturated carbocycles. The summed E-state index contributed by atoms with van der Waals surface area (Å²) in [6.07, 6.45) is 0. The average Bonchev–Trinajstić information content (AvgIpc) is 2.72. The SMILES string of the molecule is NC(=S)CN1CCN(C2=NS(=O)(=O)c3ccccc32)CC1. The predicted octanol–water partition coefficient (Wildman–Crippen LogP) is 0.0392. The highest BCUT2D eigenvalue weighted by atomic mass is 32.2. The fourth-order valence-corrected chi connectivity index (χ4v) is 4.06. The van der Waals surface area contributed by atoms with E-state index in [1.807, 2.05) is 11.0 Å². The van der Waals surface area contributed by atoms with Crippen LogP contribution in [0.3, 0.4) is 0 Å². The summed E-state index contributed by atoms with van der Waals surface area (Å²) in [5.41, 5.74) is 6.25. The number of thiocarbonyl (C=S) groups is 1. The molecule has 8 heteroatoms. The molecule has 2 aliphatic rings. The van der Waals surface area contributed by atoms with Crippen molar-refractivity contribution in [2.24, 2.45) is 10.1 Å². The number of benzene rings is 1. The second kappa shape index (κ2) is 5.36. The van der Waals surface area contributed by atoms with Crippen molar-refractivity contribution in [2.75, 3.05) is 32.7 Å². The van der Waals surface area contributed by atoms with Gasteiger partial charge in [0, 0.05) is 38.3 Å². The van der Waals surface area contributed by atoms with Gasteiger partial charge in [-0.05, 0) is 12.1 Å². The Hall–Kier alpha value is -1.51. The summed E-state index contributed by atoms with van der Waals surface area (Å²) >= 11 is 4.91. The molecule has 1 aromatic rings. The molecular weight excluding hydrogens is 308 g/mol. The van der Waals surface area contributed by atoms with Crippen molar-refractivity contribution in [2.45, 2.75) is 4.90 Å². The van der Waals surface area contributed by atoms with Gasteiger partial charge in [0.05, 0.1) is 4.99 Å². The zero-order valence-electron chi connectivity index (χ0n) is 11.4. The molecule has 0 aliphatic carbocycles. The summed E-state index contributed by atoms with van der Waals surface area (Å²) in [6, 6.07) is 6.96. The van der Waals surface area contributed by atoms with Gasteiger partial charge in [-0.2, -0.15) is 8.42 Å². The summed E-state index contributed by atoms with van der Waals surface area (Å²) in [4.78, 5) is 4.95. The van der Waals surface area contributed by atoms with Gasteiger partial charge < -0.3 is 10.6 Å². The monoisotopic (exact) mass is 324 g/mol. The zero-order chi connectivity index (χ0) is 15.0. The molecule has 0 bridgehead atoms. The Morgan fingerprint density at radius 2 is 1.90 bits per heavy atom. The van der Waals surface area contributed by atoms with E-state index in [0.29, 0.717) is 40.9 Å². The first-order chi connectivity index (χ1) is 9.97. The van der Waals surface area contributed by atoms with Crippen LogP contribution in [0.25, 0.3) is 0 Å². The number of nitrogens with two attached hydrogens (primary N) is 1. The van der Waals surface area contributed by atoms with E-state index in [9.17, 15) is 8.42 Å². The highest BCUT2D eigenvalue weighted by Gasteiger charge is 2.32. The lowest BCUT2D eigenvalue weighted by Crippen LogP contribution is -2.50. The molecule has 0 unspecified atom stereocenters. The van der Waals surface area contributed by atoms with Gasteiger partial charge in [-0.25, -0.2) is 0 Å². The van der Waals surface area contributed by atoms with Gasteiger partial charge in [0.2, 0.25) is 0 Å². The Labute approximate surface area is 129 Å². The number of piperazine rings is 1. The quantitative estimate of drug-likeness (QED) is 0.774. The lowest BCUT2D eigenvalue weighted by atomic mass is 10.1. The number of rotatable bonds is 2. The minimum absolute atomic E-state index is 0.297. The molecule has 1 saturated heterocycles. The molecule has 3 rings (SSSR count). The van der Waals surface area contributed by atoms with E-state index < -0.39 is 10.0 Å². The zero-order valence-corrected chi connectivity index (χ0v) is 13.0. The Balaban J connectivity index is 1.79. The third kappa shape index (κ3) is 2.78. The number of amidine groups is 1. The van der Waals surface area contributed by atoms with Crippen molar-refractivity contribution in [3.63, 3.8) is 0 Å². The van der Waals surface area contributed by atoms with Crippen LogP contribution in [0.2, 0.25) is 0 Å². The molecule has 2 heterocycles. The predicted molar refractivity (Wildman–Crippen MR) is 85.0 cm³/mol. The molecule has 2 N–H and O–H groups in total. The summed E-state index contributed by atoms with van der Waals surface area (Å²) in [6.45, 7) is 3.61. The second-order valence-corrected chi connectivity index (χ2v) is 7.21. The van der Waals surface area contributed by atoms with Gasteiger partial charge >= 0.3 is 0 Å². The van der Waals surface area contributed by atoms with Crippen molar-refractivity contribution < 1.29 is 8.42 Å². The van der Waals surface area contributed by atoms with E-state index in [1.165, 1.54) is 0 Å². The molecule has 2 aliphatic heterocycles. The lowest BCUT2D eigenvalue weighted by molar-refractivity contribution is 0.203. The maximum atomic E-state index is 12.1. The van der Waals surface area contributed by atoms with E-state index in [0.717, 1.165) is 13.1 Å². The maximum Gasteiger partial charge on any atom is 0.285 e. The number of sulfonamides is 1. The molecule has 0 atom stereocenters. The molecule has 0 aromatic heterocycles. The molecule has 21 heavy (non-hydrogen) atoms. The summed E-state index contributed by atoms with van der Waals surface area (Å²) in [5.74, 6) is 0.556. The van der Waals surface area contributed by atoms with Gasteiger partial charge in [0.25, 0.3) is 10.0 Å². The van der Waals surface area contributed by atoms with Gasteiger partial charge in [-0.15, -0.1) is 4.40 Å². The van der Waals surface area contributed by atoms with E-state index in [4.69, 9.17) is 18.0 Å². The van der Waals surface area contributed by atoms with E-state index in [-0.39, 0.29) is 0 Å². The van der Waals surface area contributed by atoms with Crippen molar-refractivity contribution in [1.29, 1.82) is 0 Å². The van der Waals surface area contributed by atoms with E-state index >= 15 is 0 Å². The number of fused-ring (bicyclic) bond motifs is 1. The smallest absolute Gasteiger partial charge is 0.285 e. The first kappa shape index (κ1) is 14.4. The first-order valence-corrected chi connectivity index (χ1v) is 8.52. The van der Waals surface area contributed by atoms with Crippen molar-refractivity contribution in [3.8, 4) is 0 Å². The Bertz CT molecular complexity index is 707. The maximum absolute atomic E-state index is 12.1. The minimum atomic E-state index is -3.54. The van der Waals surface area contributed by atoms with Crippen LogP contribution < -0.4 is 5.73 Å². The van der Waals surface area contributed by atoms with Crippen LogP contribution in [0.15, 0.2) is 33.6 Å². The van der Waals surface area contributed by atoms with E-state index in [1.54, 1.807) is 18.2 Å². The number of hydrogen-bond acceptors (Lipinski definition) is 5. The van der Waals surface area contributed by atoms with Crippen LogP contribution in [0.4, 0.5) is 0 Å². The highest BCUT2D eigenvalue weighted by Crippen LogP contribution is 2.27. The van der Waals surface area contributed by atoms with Crippen LogP contribution in [0, 0.1) is 0 Å². The molecule has 0 radical (unpaired) electrons. The number of nitrogens with zero attached hydrogens (tertiary/aromatic N) is 3. The normalized spacial score (nSPS) is 21.0. The van der Waals surface area contributed by atoms with Crippen molar-refractivity contribution in [3.05, 3.63) is 29.8 Å². The minimum Gasteiger partial charge on any atom is -0.392 e. The van der Waals surface area contributed by atoms with Crippen LogP contribution in [-0.2, 0) is 10.0 Å². The summed E-state index contributed by atoms with van der Waals surface area (Å²) < 4.78 is 28.1. The van der Waals surface area contributed by atoms with Gasteiger partial charge in [-0.1, -0.05) is 24.4 Å². The Kier molecular flexibility index (Phi) is 3.68. The van der Waals surface area contributed by atoms with Crippen LogP contribution in [0.5, 0.6) is 0 Å². The standard InChI is InChI=1S/C13H16N4O2S2/c14-12(20)9-16-5-7-17(8-6-16)13-10-3-1-2-4-11(10)21(18,19)15-13/h1-4H,5-9H2,(H2,14,20). The fourth-order valence-electron chi connectivity index (χ4n) is 2.65. The lowest BCUT2D eigenvalue weighted by Gasteiger charge is -2.35. The van der Waals surface area contributed by atoms with Gasteiger partial charge in [-0.3, -0.25) is 4.90 Å². The number of hydrogen-bond donors (Lipinski definition) is 1. The van der Waals surface area contributed by atoms with Crippen molar-refractivity contribution >= 4 is 33.1 Å². The highest BCUT2D eigenvalue weighted by molar-refractivity contribution is 7.90. The topological polar surface area (TPSA) is 79.0 Å². The summed E-state index contributed by atoms with van der Waals surface area (Å²) in [5, 5.41) is 0. The van der Waals surface area contributed by atoms with Gasteiger partial charge in [0.15, 0.2) is 5.84 Å². The second-order valence-electron chi connectivity index (χ2n) is 5.12. The molecule has 112 valence electrons. The molecule has 1 aromatic carbocycles. The van der Waals surface area contributed by atoms with Crippen LogP contribution in [-0.4, -0.2) is 61.8 Å². The van der Waals surface area contributed by atoms with Gasteiger partial charge in [0.1, 0.15) is 4.90 Å². The summed E-state index contributed by atoms with van der Waals surface area (Å²) in [7, 11) is -3.54.